The third kappa shape index (κ3) is 2.51. The van der Waals surface area contributed by atoms with Gasteiger partial charge in [-0.05, 0) is 6.92 Å². The zero-order chi connectivity index (χ0) is 9.35. The Morgan fingerprint density at radius 3 is 2.31 bits per heavy atom. The minimum atomic E-state index is -4.45. The van der Waals surface area contributed by atoms with Crippen molar-refractivity contribution in [2.24, 2.45) is 0 Å². The molecule has 1 rings (SSSR count). The second-order valence-electron chi connectivity index (χ2n) is 2.29. The summed E-state index contributed by atoms with van der Waals surface area (Å²) in [4.78, 5) is 0. The van der Waals surface area contributed by atoms with Gasteiger partial charge in [-0.3, -0.25) is 4.68 Å². The minimum Gasteiger partial charge on any atom is -0.396 e. The number of nitrogens with two attached hydrogens (primary N) is 1. The van der Waals surface area contributed by atoms with Crippen LogP contribution in [-0.4, -0.2) is 9.78 Å². The van der Waals surface area contributed by atoms with Crippen LogP contribution in [0.5, 0.6) is 0 Å². The second-order valence-corrected chi connectivity index (χ2v) is 2.29. The molecule has 0 spiro atoms. The van der Waals surface area contributed by atoms with Crippen molar-refractivity contribution in [3.8, 4) is 0 Å². The molecule has 0 amide bonds. The fourth-order valence-corrected chi connectivity index (χ4v) is 0.819. The Morgan fingerprint density at radius 1 is 1.54 bits per heavy atom. The summed E-state index contributed by atoms with van der Waals surface area (Å²) >= 11 is 0. The standard InChI is InChI=1S/C6H8F3N3.ClH/c1-2-12-3-4(10)5(11-12)6(7,8)9;/h3H,2,10H2,1H3;1H. The Labute approximate surface area is 79.1 Å². The Morgan fingerprint density at radius 2 is 2.08 bits per heavy atom. The van der Waals surface area contributed by atoms with E-state index in [2.05, 4.69) is 5.10 Å². The van der Waals surface area contributed by atoms with Crippen molar-refractivity contribution in [2.45, 2.75) is 19.6 Å². The predicted molar refractivity (Wildman–Crippen MR) is 44.6 cm³/mol. The Kier molecular flexibility index (Phi) is 3.60. The molecule has 0 bridgehead atoms. The summed E-state index contributed by atoms with van der Waals surface area (Å²) in [5.41, 5.74) is 3.76. The zero-order valence-electron chi connectivity index (χ0n) is 6.80. The number of halogens is 4. The average molecular weight is 216 g/mol. The fraction of sp³-hybridized carbons (Fsp3) is 0.500. The van der Waals surface area contributed by atoms with Crippen LogP contribution in [0.4, 0.5) is 18.9 Å². The fourth-order valence-electron chi connectivity index (χ4n) is 0.819. The molecule has 0 unspecified atom stereocenters. The van der Waals surface area contributed by atoms with E-state index in [4.69, 9.17) is 5.73 Å². The molecule has 0 radical (unpaired) electrons. The molecule has 0 fully saturated rings. The van der Waals surface area contributed by atoms with E-state index < -0.39 is 11.9 Å². The van der Waals surface area contributed by atoms with Crippen LogP contribution in [0, 0.1) is 0 Å². The summed E-state index contributed by atoms with van der Waals surface area (Å²) < 4.78 is 37.3. The summed E-state index contributed by atoms with van der Waals surface area (Å²) in [7, 11) is 0. The van der Waals surface area contributed by atoms with Crippen LogP contribution >= 0.6 is 12.4 Å². The number of nitrogens with zero attached hydrogens (tertiary/aromatic N) is 2. The van der Waals surface area contributed by atoms with E-state index in [9.17, 15) is 13.2 Å². The molecule has 13 heavy (non-hydrogen) atoms. The number of hydrogen-bond donors (Lipinski definition) is 1. The van der Waals surface area contributed by atoms with Crippen LogP contribution in [0.2, 0.25) is 0 Å². The SMILES string of the molecule is CCn1cc(N)c(C(F)(F)F)n1.Cl. The molecule has 2 N–H and O–H groups in total. The molecule has 1 aromatic heterocycles. The summed E-state index contributed by atoms with van der Waals surface area (Å²) in [6.45, 7) is 2.06. The number of alkyl halides is 3. The van der Waals surface area contributed by atoms with Gasteiger partial charge in [-0.1, -0.05) is 0 Å². The lowest BCUT2D eigenvalue weighted by Crippen LogP contribution is -2.09. The van der Waals surface area contributed by atoms with Crippen molar-refractivity contribution in [1.82, 2.24) is 9.78 Å². The monoisotopic (exact) mass is 215 g/mol. The van der Waals surface area contributed by atoms with E-state index in [1.807, 2.05) is 0 Å². The minimum absolute atomic E-state index is 0. The predicted octanol–water partition coefficient (Wildman–Crippen LogP) is 1.93. The van der Waals surface area contributed by atoms with Crippen LogP contribution < -0.4 is 5.73 Å². The molecule has 76 valence electrons. The highest BCUT2D eigenvalue weighted by Crippen LogP contribution is 2.31. The number of rotatable bonds is 1. The van der Waals surface area contributed by atoms with Crippen LogP contribution in [0.1, 0.15) is 12.6 Å². The second kappa shape index (κ2) is 3.87. The summed E-state index contributed by atoms with van der Waals surface area (Å²) in [5.74, 6) is 0. The molecule has 0 aromatic carbocycles. The third-order valence-electron chi connectivity index (χ3n) is 1.38. The van der Waals surface area contributed by atoms with Gasteiger partial charge in [-0.25, -0.2) is 0 Å². The van der Waals surface area contributed by atoms with E-state index in [0.29, 0.717) is 6.54 Å². The lowest BCUT2D eigenvalue weighted by molar-refractivity contribution is -0.140. The van der Waals surface area contributed by atoms with Gasteiger partial charge in [-0.15, -0.1) is 12.4 Å². The molecule has 7 heteroatoms. The van der Waals surface area contributed by atoms with Crippen LogP contribution in [0.15, 0.2) is 6.20 Å². The van der Waals surface area contributed by atoms with E-state index in [1.54, 1.807) is 6.92 Å². The van der Waals surface area contributed by atoms with Crippen molar-refractivity contribution in [2.75, 3.05) is 5.73 Å². The normalized spacial score (nSPS) is 11.1. The van der Waals surface area contributed by atoms with Crippen molar-refractivity contribution in [1.29, 1.82) is 0 Å². The van der Waals surface area contributed by atoms with Gasteiger partial charge in [0.1, 0.15) is 0 Å². The van der Waals surface area contributed by atoms with Crippen LogP contribution in [-0.2, 0) is 12.7 Å². The molecular weight excluding hydrogens is 207 g/mol. The maximum Gasteiger partial charge on any atom is 0.437 e. The number of aryl methyl sites for hydroxylation is 1. The first kappa shape index (κ1) is 12.1. The molecule has 0 aliphatic rings. The van der Waals surface area contributed by atoms with Gasteiger partial charge in [-0.2, -0.15) is 18.3 Å². The molecule has 3 nitrogen and oxygen atoms in total. The Hall–Kier alpha value is -0.910. The van der Waals surface area contributed by atoms with Gasteiger partial charge in [0.2, 0.25) is 0 Å². The Balaban J connectivity index is 0.00000144. The first-order valence-corrected chi connectivity index (χ1v) is 3.35. The van der Waals surface area contributed by atoms with Crippen molar-refractivity contribution < 1.29 is 13.2 Å². The smallest absolute Gasteiger partial charge is 0.396 e. The van der Waals surface area contributed by atoms with Crippen molar-refractivity contribution in [3.63, 3.8) is 0 Å². The van der Waals surface area contributed by atoms with E-state index in [-0.39, 0.29) is 18.1 Å². The molecule has 1 heterocycles. The highest BCUT2D eigenvalue weighted by molar-refractivity contribution is 5.85. The van der Waals surface area contributed by atoms with E-state index >= 15 is 0 Å². The quantitative estimate of drug-likeness (QED) is 0.778. The van der Waals surface area contributed by atoms with Crippen molar-refractivity contribution in [3.05, 3.63) is 11.9 Å². The first-order chi connectivity index (χ1) is 5.45. The third-order valence-corrected chi connectivity index (χ3v) is 1.38. The molecule has 1 aromatic rings. The highest BCUT2D eigenvalue weighted by atomic mass is 35.5. The van der Waals surface area contributed by atoms with Gasteiger partial charge in [0.25, 0.3) is 0 Å². The van der Waals surface area contributed by atoms with Gasteiger partial charge in [0.05, 0.1) is 5.69 Å². The molecular formula is C6H9ClF3N3. The number of nitrogen functional groups attached to an aromatic ring is 1. The van der Waals surface area contributed by atoms with Gasteiger partial charge in [0.15, 0.2) is 5.69 Å². The number of anilines is 1. The maximum atomic E-state index is 12.0. The van der Waals surface area contributed by atoms with Crippen LogP contribution in [0.25, 0.3) is 0 Å². The molecule has 0 saturated heterocycles. The molecule has 0 atom stereocenters. The van der Waals surface area contributed by atoms with E-state index in [1.165, 1.54) is 6.20 Å². The average Bonchev–Trinajstić information content (AvgIpc) is 2.29. The maximum absolute atomic E-state index is 12.0. The summed E-state index contributed by atoms with van der Waals surface area (Å²) in [6, 6.07) is 0. The lowest BCUT2D eigenvalue weighted by Gasteiger charge is -2.01. The first-order valence-electron chi connectivity index (χ1n) is 3.35. The van der Waals surface area contributed by atoms with Crippen molar-refractivity contribution >= 4 is 18.1 Å². The molecule has 0 aliphatic heterocycles. The summed E-state index contributed by atoms with van der Waals surface area (Å²) in [5, 5.41) is 3.27. The number of hydrogen-bond acceptors (Lipinski definition) is 2. The van der Waals surface area contributed by atoms with Gasteiger partial charge in [0, 0.05) is 12.7 Å². The largest absolute Gasteiger partial charge is 0.437 e. The summed E-state index contributed by atoms with van der Waals surface area (Å²) in [6.07, 6.45) is -3.28. The number of aromatic nitrogens is 2. The molecule has 0 aliphatic carbocycles. The van der Waals surface area contributed by atoms with Crippen LogP contribution in [0.3, 0.4) is 0 Å². The topological polar surface area (TPSA) is 43.8 Å². The zero-order valence-corrected chi connectivity index (χ0v) is 7.61. The van der Waals surface area contributed by atoms with Gasteiger partial charge >= 0.3 is 6.18 Å². The highest BCUT2D eigenvalue weighted by Gasteiger charge is 2.36. The molecule has 0 saturated carbocycles. The Bertz CT molecular complexity index is 281. The van der Waals surface area contributed by atoms with Gasteiger partial charge < -0.3 is 5.73 Å². The van der Waals surface area contributed by atoms with E-state index in [0.717, 1.165) is 4.68 Å². The lowest BCUT2D eigenvalue weighted by atomic mass is 10.4.